The van der Waals surface area contributed by atoms with Gasteiger partial charge >= 0.3 is 5.69 Å². The molecule has 3 aromatic rings. The average molecular weight is 442 g/mol. The summed E-state index contributed by atoms with van der Waals surface area (Å²) in [6, 6.07) is 7.15. The fourth-order valence-corrected chi connectivity index (χ4v) is 3.64. The first kappa shape index (κ1) is 23.3. The number of ether oxygens (including phenoxy) is 1. The second kappa shape index (κ2) is 10.3. The third kappa shape index (κ3) is 5.27. The third-order valence-electron chi connectivity index (χ3n) is 5.18. The molecule has 0 atom stereocenters. The Morgan fingerprint density at radius 3 is 2.72 bits per heavy atom. The lowest BCUT2D eigenvalue weighted by Gasteiger charge is -2.12. The number of carbonyl (C=O) groups is 1. The number of methoxy groups -OCH3 is 1. The molecule has 0 aliphatic rings. The summed E-state index contributed by atoms with van der Waals surface area (Å²) in [5, 5.41) is 2.86. The van der Waals surface area contributed by atoms with Crippen LogP contribution >= 0.6 is 0 Å². The highest BCUT2D eigenvalue weighted by molar-refractivity contribution is 5.91. The fraction of sp³-hybridized carbons (Fsp3) is 0.478. The predicted molar refractivity (Wildman–Crippen MR) is 124 cm³/mol. The van der Waals surface area contributed by atoms with Gasteiger partial charge in [-0.3, -0.25) is 19.1 Å². The monoisotopic (exact) mass is 441 g/mol. The molecule has 1 aromatic carbocycles. The number of nitrogens with zero attached hydrogens (tertiary/aromatic N) is 3. The van der Waals surface area contributed by atoms with E-state index in [1.165, 1.54) is 4.57 Å². The maximum Gasteiger partial charge on any atom is 0.330 e. The molecule has 0 saturated carbocycles. The van der Waals surface area contributed by atoms with Gasteiger partial charge in [0, 0.05) is 37.7 Å². The van der Waals surface area contributed by atoms with Gasteiger partial charge in [0.1, 0.15) is 11.6 Å². The lowest BCUT2D eigenvalue weighted by Crippen LogP contribution is -2.31. The zero-order valence-electron chi connectivity index (χ0n) is 19.1. The number of hydrogen-bond acceptors (Lipinski definition) is 5. The van der Waals surface area contributed by atoms with E-state index in [0.29, 0.717) is 47.9 Å². The molecule has 9 heteroatoms. The first-order valence-electron chi connectivity index (χ1n) is 11.0. The molecule has 172 valence electrons. The summed E-state index contributed by atoms with van der Waals surface area (Å²) in [5.74, 6) is 1.37. The van der Waals surface area contributed by atoms with Gasteiger partial charge in [0.2, 0.25) is 5.91 Å². The van der Waals surface area contributed by atoms with Crippen molar-refractivity contribution in [2.75, 3.05) is 12.4 Å². The molecule has 0 spiro atoms. The first-order chi connectivity index (χ1) is 15.3. The minimum Gasteiger partial charge on any atom is -0.497 e. The normalized spacial score (nSPS) is 11.3. The van der Waals surface area contributed by atoms with Crippen molar-refractivity contribution < 1.29 is 9.53 Å². The van der Waals surface area contributed by atoms with Crippen LogP contribution in [0.3, 0.4) is 0 Å². The molecule has 2 aromatic heterocycles. The molecule has 0 unspecified atom stereocenters. The van der Waals surface area contributed by atoms with Crippen molar-refractivity contribution in [3.63, 3.8) is 0 Å². The van der Waals surface area contributed by atoms with E-state index in [2.05, 4.69) is 15.3 Å². The van der Waals surface area contributed by atoms with Gasteiger partial charge in [-0.05, 0) is 24.5 Å². The quantitative estimate of drug-likeness (QED) is 0.503. The Morgan fingerprint density at radius 2 is 2.03 bits per heavy atom. The molecule has 32 heavy (non-hydrogen) atoms. The van der Waals surface area contributed by atoms with E-state index < -0.39 is 11.2 Å². The number of fused-ring (bicyclic) bond motifs is 1. The molecule has 9 nitrogen and oxygen atoms in total. The molecule has 0 saturated heterocycles. The van der Waals surface area contributed by atoms with Crippen LogP contribution in [0.1, 0.15) is 45.9 Å². The van der Waals surface area contributed by atoms with Crippen molar-refractivity contribution in [2.24, 2.45) is 5.92 Å². The average Bonchev–Trinajstić information content (AvgIpc) is 3.10. The lowest BCUT2D eigenvalue weighted by molar-refractivity contribution is -0.116. The third-order valence-corrected chi connectivity index (χ3v) is 5.18. The lowest BCUT2D eigenvalue weighted by atomic mass is 10.2. The van der Waals surface area contributed by atoms with Crippen molar-refractivity contribution in [3.8, 4) is 5.75 Å². The van der Waals surface area contributed by atoms with Gasteiger partial charge in [0.05, 0.1) is 7.11 Å². The number of aryl methyl sites for hydroxylation is 2. The van der Waals surface area contributed by atoms with Crippen LogP contribution in [0.15, 0.2) is 33.9 Å². The molecule has 3 rings (SSSR count). The Hall–Kier alpha value is -3.36. The summed E-state index contributed by atoms with van der Waals surface area (Å²) in [6.45, 7) is 7.19. The summed E-state index contributed by atoms with van der Waals surface area (Å²) < 4.78 is 8.56. The molecule has 0 radical (unpaired) electrons. The molecule has 2 heterocycles. The number of imidazole rings is 1. The zero-order valence-corrected chi connectivity index (χ0v) is 19.1. The molecule has 0 fully saturated rings. The van der Waals surface area contributed by atoms with E-state index in [1.54, 1.807) is 31.4 Å². The van der Waals surface area contributed by atoms with E-state index in [1.807, 2.05) is 25.3 Å². The van der Waals surface area contributed by atoms with Crippen LogP contribution in [0.5, 0.6) is 5.75 Å². The van der Waals surface area contributed by atoms with Crippen LogP contribution in [0, 0.1) is 5.92 Å². The molecule has 0 aliphatic heterocycles. The van der Waals surface area contributed by atoms with Gasteiger partial charge < -0.3 is 14.6 Å². The van der Waals surface area contributed by atoms with Crippen molar-refractivity contribution in [2.45, 2.75) is 59.5 Å². The molecule has 0 bridgehead atoms. The number of carbonyl (C=O) groups excluding carboxylic acids is 1. The molecule has 1 amide bonds. The number of nitrogens with one attached hydrogen (secondary N) is 2. The van der Waals surface area contributed by atoms with Gasteiger partial charge in [-0.1, -0.05) is 33.3 Å². The van der Waals surface area contributed by atoms with Crippen LogP contribution in [0.4, 0.5) is 5.69 Å². The Kier molecular flexibility index (Phi) is 7.50. The fourth-order valence-electron chi connectivity index (χ4n) is 3.64. The Balaban J connectivity index is 1.90. The maximum absolute atomic E-state index is 12.7. The predicted octanol–water partition coefficient (Wildman–Crippen LogP) is 2.92. The van der Waals surface area contributed by atoms with E-state index in [0.717, 1.165) is 12.8 Å². The highest BCUT2D eigenvalue weighted by Gasteiger charge is 2.19. The Morgan fingerprint density at radius 1 is 1.25 bits per heavy atom. The number of H-pyrrole nitrogens is 1. The minimum atomic E-state index is -0.451. The van der Waals surface area contributed by atoms with Crippen LogP contribution < -0.4 is 21.3 Å². The number of benzene rings is 1. The second-order valence-corrected chi connectivity index (χ2v) is 8.25. The van der Waals surface area contributed by atoms with Crippen molar-refractivity contribution in [1.29, 1.82) is 0 Å². The summed E-state index contributed by atoms with van der Waals surface area (Å²) in [7, 11) is 1.57. The van der Waals surface area contributed by atoms with Crippen LogP contribution in [-0.4, -0.2) is 32.1 Å². The molecule has 0 aliphatic carbocycles. The van der Waals surface area contributed by atoms with Gasteiger partial charge in [-0.15, -0.1) is 0 Å². The van der Waals surface area contributed by atoms with Crippen LogP contribution in [-0.2, 0) is 24.3 Å². The number of aromatic nitrogens is 4. The van der Waals surface area contributed by atoms with Gasteiger partial charge in [-0.2, -0.15) is 0 Å². The van der Waals surface area contributed by atoms with Crippen molar-refractivity contribution in [1.82, 2.24) is 19.1 Å². The summed E-state index contributed by atoms with van der Waals surface area (Å²) >= 11 is 0. The van der Waals surface area contributed by atoms with E-state index in [9.17, 15) is 14.4 Å². The second-order valence-electron chi connectivity index (χ2n) is 8.25. The highest BCUT2D eigenvalue weighted by Crippen LogP contribution is 2.18. The van der Waals surface area contributed by atoms with Crippen molar-refractivity contribution in [3.05, 3.63) is 50.9 Å². The molecular formula is C23H31N5O4. The minimum absolute atomic E-state index is 0.168. The molecular weight excluding hydrogens is 410 g/mol. The highest BCUT2D eigenvalue weighted by atomic mass is 16.5. The SMILES string of the molecule is CCCCn1c(=O)[nH]c(=O)c2c1nc(CCC(=O)Nc1cccc(OC)c1)n2CC(C)C. The zero-order chi connectivity index (χ0) is 23.3. The topological polar surface area (TPSA) is 111 Å². The van der Waals surface area contributed by atoms with E-state index in [4.69, 9.17) is 4.74 Å². The summed E-state index contributed by atoms with van der Waals surface area (Å²) in [5.41, 5.74) is 0.522. The summed E-state index contributed by atoms with van der Waals surface area (Å²) in [4.78, 5) is 44.7. The van der Waals surface area contributed by atoms with E-state index >= 15 is 0 Å². The Labute approximate surface area is 186 Å². The summed E-state index contributed by atoms with van der Waals surface area (Å²) in [6.07, 6.45) is 2.25. The Bertz CT molecular complexity index is 1210. The maximum atomic E-state index is 12.7. The number of amides is 1. The number of rotatable bonds is 10. The van der Waals surface area contributed by atoms with Crippen LogP contribution in [0.2, 0.25) is 0 Å². The first-order valence-corrected chi connectivity index (χ1v) is 11.0. The van der Waals surface area contributed by atoms with E-state index in [-0.39, 0.29) is 18.2 Å². The number of anilines is 1. The van der Waals surface area contributed by atoms with Gasteiger partial charge in [0.15, 0.2) is 11.2 Å². The van der Waals surface area contributed by atoms with Crippen LogP contribution in [0.25, 0.3) is 11.2 Å². The smallest absolute Gasteiger partial charge is 0.330 e. The van der Waals surface area contributed by atoms with Gasteiger partial charge in [-0.25, -0.2) is 9.78 Å². The number of hydrogen-bond donors (Lipinski definition) is 2. The number of aromatic amines is 1. The van der Waals surface area contributed by atoms with Gasteiger partial charge in [0.25, 0.3) is 5.56 Å². The standard InChI is InChI=1S/C23H31N5O4/c1-5-6-12-27-21-20(22(30)26-23(27)31)28(14-15(2)3)18(25-21)10-11-19(29)24-16-8-7-9-17(13-16)32-4/h7-9,13,15H,5-6,10-12,14H2,1-4H3,(H,24,29)(H,26,30,31). The van der Waals surface area contributed by atoms with Crippen molar-refractivity contribution >= 4 is 22.8 Å². The largest absolute Gasteiger partial charge is 0.497 e. The number of unbranched alkanes of at least 4 members (excludes halogenated alkanes) is 1. The molecule has 2 N–H and O–H groups in total.